The van der Waals surface area contributed by atoms with Gasteiger partial charge in [-0.3, -0.25) is 4.90 Å². The molecule has 0 spiro atoms. The minimum atomic E-state index is -3.79. The van der Waals surface area contributed by atoms with Gasteiger partial charge in [0, 0.05) is 26.2 Å². The van der Waals surface area contributed by atoms with E-state index < -0.39 is 10.0 Å². The molecule has 1 aliphatic rings. The van der Waals surface area contributed by atoms with Crippen molar-refractivity contribution in [3.63, 3.8) is 0 Å². The van der Waals surface area contributed by atoms with Crippen LogP contribution in [-0.4, -0.2) is 52.7 Å². The number of nitrogens with zero attached hydrogens (tertiary/aromatic N) is 1. The number of sulfonamides is 1. The van der Waals surface area contributed by atoms with Crippen molar-refractivity contribution in [2.75, 3.05) is 50.4 Å². The molecule has 0 aromatic heterocycles. The van der Waals surface area contributed by atoms with E-state index in [1.54, 1.807) is 12.1 Å². The predicted octanol–water partition coefficient (Wildman–Crippen LogP) is -0.340. The van der Waals surface area contributed by atoms with Crippen LogP contribution in [0.2, 0.25) is 0 Å². The average molecular weight is 300 g/mol. The number of primary sulfonamides is 1. The van der Waals surface area contributed by atoms with Crippen LogP contribution in [0.3, 0.4) is 0 Å². The van der Waals surface area contributed by atoms with E-state index in [2.05, 4.69) is 10.2 Å². The van der Waals surface area contributed by atoms with E-state index in [0.29, 0.717) is 12.2 Å². The standard InChI is InChI=1S/C12H20N4O3S/c13-12-10(2-1-3-11(12)20(14,17)18)15-4-5-16-6-8-19-9-7-16/h1-3,15H,4-9,13H2,(H2,14,17,18). The van der Waals surface area contributed by atoms with E-state index in [1.165, 1.54) is 6.07 Å². The SMILES string of the molecule is Nc1c(NCCN2CCOCC2)cccc1S(N)(=O)=O. The van der Waals surface area contributed by atoms with E-state index in [1.807, 2.05) is 0 Å². The molecule has 20 heavy (non-hydrogen) atoms. The quantitative estimate of drug-likeness (QED) is 0.642. The Morgan fingerprint density at radius 1 is 1.30 bits per heavy atom. The summed E-state index contributed by atoms with van der Waals surface area (Å²) in [5.41, 5.74) is 6.59. The van der Waals surface area contributed by atoms with E-state index in [-0.39, 0.29) is 10.6 Å². The van der Waals surface area contributed by atoms with Gasteiger partial charge >= 0.3 is 0 Å². The van der Waals surface area contributed by atoms with Crippen LogP contribution in [0.4, 0.5) is 11.4 Å². The summed E-state index contributed by atoms with van der Waals surface area (Å²) < 4.78 is 28.0. The fourth-order valence-corrected chi connectivity index (χ4v) is 2.80. The molecule has 0 saturated carbocycles. The summed E-state index contributed by atoms with van der Waals surface area (Å²) in [6, 6.07) is 4.76. The Kier molecular flexibility index (Phi) is 4.81. The van der Waals surface area contributed by atoms with Gasteiger partial charge in [-0.1, -0.05) is 6.07 Å². The summed E-state index contributed by atoms with van der Waals surface area (Å²) in [5.74, 6) is 0. The number of morpholine rings is 1. The van der Waals surface area contributed by atoms with E-state index in [9.17, 15) is 8.42 Å². The molecule has 8 heteroatoms. The first-order valence-electron chi connectivity index (χ1n) is 6.44. The van der Waals surface area contributed by atoms with Gasteiger partial charge in [0.05, 0.1) is 24.6 Å². The summed E-state index contributed by atoms with van der Waals surface area (Å²) in [6.45, 7) is 4.86. The van der Waals surface area contributed by atoms with E-state index in [4.69, 9.17) is 15.6 Å². The lowest BCUT2D eigenvalue weighted by Gasteiger charge is -2.26. The predicted molar refractivity (Wildman–Crippen MR) is 78.0 cm³/mol. The van der Waals surface area contributed by atoms with Crippen LogP contribution in [0.15, 0.2) is 23.1 Å². The van der Waals surface area contributed by atoms with Crippen molar-refractivity contribution in [3.05, 3.63) is 18.2 Å². The molecule has 1 aromatic rings. The Labute approximate surface area is 118 Å². The van der Waals surface area contributed by atoms with Crippen LogP contribution in [0.25, 0.3) is 0 Å². The molecule has 1 aliphatic heterocycles. The van der Waals surface area contributed by atoms with Crippen molar-refractivity contribution in [3.8, 4) is 0 Å². The highest BCUT2D eigenvalue weighted by molar-refractivity contribution is 7.89. The fraction of sp³-hybridized carbons (Fsp3) is 0.500. The monoisotopic (exact) mass is 300 g/mol. The van der Waals surface area contributed by atoms with Crippen molar-refractivity contribution < 1.29 is 13.2 Å². The number of hydrogen-bond acceptors (Lipinski definition) is 6. The van der Waals surface area contributed by atoms with E-state index in [0.717, 1.165) is 32.8 Å². The first-order valence-corrected chi connectivity index (χ1v) is 7.98. The second kappa shape index (κ2) is 6.40. The fourth-order valence-electron chi connectivity index (χ4n) is 2.12. The molecular weight excluding hydrogens is 280 g/mol. The highest BCUT2D eigenvalue weighted by Crippen LogP contribution is 2.25. The average Bonchev–Trinajstić information content (AvgIpc) is 2.40. The Morgan fingerprint density at radius 3 is 2.65 bits per heavy atom. The number of ether oxygens (including phenoxy) is 1. The maximum absolute atomic E-state index is 11.4. The summed E-state index contributed by atoms with van der Waals surface area (Å²) in [7, 11) is -3.79. The largest absolute Gasteiger partial charge is 0.396 e. The minimum Gasteiger partial charge on any atom is -0.396 e. The van der Waals surface area contributed by atoms with Crippen LogP contribution in [0.5, 0.6) is 0 Å². The van der Waals surface area contributed by atoms with Crippen molar-refractivity contribution in [1.82, 2.24) is 4.90 Å². The van der Waals surface area contributed by atoms with Gasteiger partial charge in [0.2, 0.25) is 10.0 Å². The molecule has 0 aliphatic carbocycles. The Bertz CT molecular complexity index is 556. The molecule has 7 nitrogen and oxygen atoms in total. The zero-order valence-electron chi connectivity index (χ0n) is 11.2. The topological polar surface area (TPSA) is 111 Å². The number of benzene rings is 1. The van der Waals surface area contributed by atoms with Crippen molar-refractivity contribution in [2.45, 2.75) is 4.90 Å². The van der Waals surface area contributed by atoms with Crippen LogP contribution in [-0.2, 0) is 14.8 Å². The number of nitrogen functional groups attached to an aromatic ring is 1. The van der Waals surface area contributed by atoms with Gasteiger partial charge < -0.3 is 15.8 Å². The highest BCUT2D eigenvalue weighted by Gasteiger charge is 2.15. The maximum atomic E-state index is 11.4. The first-order chi connectivity index (χ1) is 9.48. The van der Waals surface area contributed by atoms with Gasteiger partial charge in [-0.2, -0.15) is 0 Å². The lowest BCUT2D eigenvalue weighted by atomic mass is 10.2. The van der Waals surface area contributed by atoms with Crippen LogP contribution >= 0.6 is 0 Å². The summed E-state index contributed by atoms with van der Waals surface area (Å²) in [5, 5.41) is 8.26. The van der Waals surface area contributed by atoms with Gasteiger partial charge in [-0.15, -0.1) is 0 Å². The normalized spacial score (nSPS) is 17.1. The summed E-state index contributed by atoms with van der Waals surface area (Å²) >= 11 is 0. The van der Waals surface area contributed by atoms with Gasteiger partial charge in [-0.05, 0) is 12.1 Å². The van der Waals surface area contributed by atoms with Gasteiger partial charge in [0.15, 0.2) is 0 Å². The molecule has 112 valence electrons. The molecular formula is C12H20N4O3S. The molecule has 0 unspecified atom stereocenters. The number of rotatable bonds is 5. The molecule has 5 N–H and O–H groups in total. The van der Waals surface area contributed by atoms with Crippen molar-refractivity contribution in [1.29, 1.82) is 0 Å². The van der Waals surface area contributed by atoms with Crippen molar-refractivity contribution >= 4 is 21.4 Å². The van der Waals surface area contributed by atoms with E-state index >= 15 is 0 Å². The number of nitrogens with two attached hydrogens (primary N) is 2. The van der Waals surface area contributed by atoms with Gasteiger partial charge in [-0.25, -0.2) is 13.6 Å². The molecule has 0 atom stereocenters. The first kappa shape index (κ1) is 15.0. The number of nitrogens with one attached hydrogen (secondary N) is 1. The molecule has 2 rings (SSSR count). The summed E-state index contributed by atoms with van der Waals surface area (Å²) in [6.07, 6.45) is 0. The molecule has 0 amide bonds. The minimum absolute atomic E-state index is 0.0473. The summed E-state index contributed by atoms with van der Waals surface area (Å²) in [4.78, 5) is 2.23. The molecule has 0 bridgehead atoms. The molecule has 1 fully saturated rings. The smallest absolute Gasteiger partial charge is 0.240 e. The zero-order valence-corrected chi connectivity index (χ0v) is 12.0. The Balaban J connectivity index is 1.96. The van der Waals surface area contributed by atoms with Crippen LogP contribution in [0, 0.1) is 0 Å². The number of hydrogen-bond donors (Lipinski definition) is 3. The van der Waals surface area contributed by atoms with Crippen LogP contribution < -0.4 is 16.2 Å². The Hall–Kier alpha value is -1.35. The lowest BCUT2D eigenvalue weighted by molar-refractivity contribution is 0.0398. The third-order valence-corrected chi connectivity index (χ3v) is 4.19. The van der Waals surface area contributed by atoms with Crippen molar-refractivity contribution in [2.24, 2.45) is 5.14 Å². The lowest BCUT2D eigenvalue weighted by Crippen LogP contribution is -2.39. The maximum Gasteiger partial charge on any atom is 0.240 e. The van der Waals surface area contributed by atoms with Gasteiger partial charge in [0.25, 0.3) is 0 Å². The highest BCUT2D eigenvalue weighted by atomic mass is 32.2. The van der Waals surface area contributed by atoms with Crippen LogP contribution in [0.1, 0.15) is 0 Å². The molecule has 1 heterocycles. The second-order valence-corrected chi connectivity index (χ2v) is 6.17. The third-order valence-electron chi connectivity index (χ3n) is 3.22. The Morgan fingerprint density at radius 2 is 2.00 bits per heavy atom. The second-order valence-electron chi connectivity index (χ2n) is 4.64. The third kappa shape index (κ3) is 3.83. The van der Waals surface area contributed by atoms with Gasteiger partial charge in [0.1, 0.15) is 4.90 Å². The molecule has 1 saturated heterocycles. The number of para-hydroxylation sites is 1. The molecule has 0 radical (unpaired) electrons. The zero-order chi connectivity index (χ0) is 14.6. The molecule has 1 aromatic carbocycles. The number of anilines is 2.